The van der Waals surface area contributed by atoms with Crippen LogP contribution in [0.3, 0.4) is 0 Å². The fraction of sp³-hybridized carbons (Fsp3) is 0.0909. The van der Waals surface area contributed by atoms with E-state index in [0.29, 0.717) is 11.6 Å². The van der Waals surface area contributed by atoms with Crippen LogP contribution in [0.4, 0.5) is 5.82 Å². The van der Waals surface area contributed by atoms with Crippen LogP contribution < -0.4 is 5.73 Å². The van der Waals surface area contributed by atoms with Gasteiger partial charge < -0.3 is 5.73 Å². The van der Waals surface area contributed by atoms with Crippen molar-refractivity contribution in [1.29, 1.82) is 0 Å². The number of thiazole rings is 2. The molecule has 0 aliphatic heterocycles. The highest BCUT2D eigenvalue weighted by atomic mass is 32.1. The number of nitrogens with two attached hydrogens (primary N) is 1. The van der Waals surface area contributed by atoms with Crippen molar-refractivity contribution in [3.05, 3.63) is 28.3 Å². The van der Waals surface area contributed by atoms with Gasteiger partial charge in [-0.1, -0.05) is 0 Å². The van der Waals surface area contributed by atoms with Gasteiger partial charge in [-0.3, -0.25) is 0 Å². The van der Waals surface area contributed by atoms with E-state index in [1.165, 1.54) is 11.3 Å². The zero-order valence-electron chi connectivity index (χ0n) is 9.49. The summed E-state index contributed by atoms with van der Waals surface area (Å²) in [6.45, 7) is 1.81. The van der Waals surface area contributed by atoms with E-state index < -0.39 is 0 Å². The molecule has 0 saturated heterocycles. The molecule has 0 bridgehead atoms. The summed E-state index contributed by atoms with van der Waals surface area (Å²) in [7, 11) is 0. The van der Waals surface area contributed by atoms with Crippen LogP contribution in [0.2, 0.25) is 0 Å². The fourth-order valence-electron chi connectivity index (χ4n) is 1.51. The maximum Gasteiger partial charge on any atom is 0.137 e. The van der Waals surface area contributed by atoms with Crippen molar-refractivity contribution in [1.82, 2.24) is 19.9 Å². The monoisotopic (exact) mass is 275 g/mol. The molecule has 2 N–H and O–H groups in total. The first-order chi connectivity index (χ1) is 8.74. The van der Waals surface area contributed by atoms with Gasteiger partial charge >= 0.3 is 0 Å². The molecule has 5 nitrogen and oxygen atoms in total. The molecule has 18 heavy (non-hydrogen) atoms. The number of rotatable bonds is 2. The van der Waals surface area contributed by atoms with Gasteiger partial charge in [0.25, 0.3) is 0 Å². The van der Waals surface area contributed by atoms with Gasteiger partial charge in [0.1, 0.15) is 28.0 Å². The van der Waals surface area contributed by atoms with E-state index in [1.807, 2.05) is 17.7 Å². The smallest absolute Gasteiger partial charge is 0.137 e. The minimum atomic E-state index is 0.460. The predicted octanol–water partition coefficient (Wildman–Crippen LogP) is 2.61. The molecule has 0 amide bonds. The van der Waals surface area contributed by atoms with Gasteiger partial charge in [0.2, 0.25) is 0 Å². The summed E-state index contributed by atoms with van der Waals surface area (Å²) < 4.78 is 0. The molecule has 0 aliphatic carbocycles. The first-order valence-electron chi connectivity index (χ1n) is 5.17. The number of hydrogen-bond donors (Lipinski definition) is 1. The van der Waals surface area contributed by atoms with Crippen LogP contribution in [0, 0.1) is 6.92 Å². The molecular formula is C11H9N5S2. The van der Waals surface area contributed by atoms with Gasteiger partial charge in [0.05, 0.1) is 11.1 Å². The van der Waals surface area contributed by atoms with Crippen molar-refractivity contribution in [2.45, 2.75) is 6.92 Å². The van der Waals surface area contributed by atoms with Crippen molar-refractivity contribution in [2.24, 2.45) is 0 Å². The predicted molar refractivity (Wildman–Crippen MR) is 73.4 cm³/mol. The van der Waals surface area contributed by atoms with Crippen LogP contribution in [0.15, 0.2) is 22.5 Å². The lowest BCUT2D eigenvalue weighted by Gasteiger charge is -2.00. The molecule has 0 saturated carbocycles. The molecule has 0 aromatic carbocycles. The van der Waals surface area contributed by atoms with E-state index in [4.69, 9.17) is 5.73 Å². The summed E-state index contributed by atoms with van der Waals surface area (Å²) in [5, 5.41) is 4.74. The van der Waals surface area contributed by atoms with Gasteiger partial charge in [-0.15, -0.1) is 22.7 Å². The summed E-state index contributed by atoms with van der Waals surface area (Å²) in [4.78, 5) is 17.0. The van der Waals surface area contributed by atoms with Gasteiger partial charge in [-0.05, 0) is 6.92 Å². The van der Waals surface area contributed by atoms with Gasteiger partial charge in [-0.2, -0.15) is 0 Å². The number of hydrogen-bond acceptors (Lipinski definition) is 7. The Kier molecular flexibility index (Phi) is 2.77. The Balaban J connectivity index is 2.03. The third-order valence-electron chi connectivity index (χ3n) is 2.37. The third kappa shape index (κ3) is 1.98. The average Bonchev–Trinajstić information content (AvgIpc) is 2.99. The molecule has 3 aromatic rings. The highest BCUT2D eigenvalue weighted by Gasteiger charge is 2.11. The second-order valence-corrected chi connectivity index (χ2v) is 5.20. The Morgan fingerprint density at radius 1 is 1.11 bits per heavy atom. The standard InChI is InChI=1S/C11H9N5S2/c1-6-13-2-7(10(12)15-6)11-16-9(4-18-11)8-3-17-5-14-8/h2-5H,1H3,(H2,12,13,15). The van der Waals surface area contributed by atoms with Crippen LogP contribution >= 0.6 is 22.7 Å². The molecule has 3 rings (SSSR count). The molecule has 0 aliphatic rings. The molecular weight excluding hydrogens is 266 g/mol. The topological polar surface area (TPSA) is 77.6 Å². The maximum absolute atomic E-state index is 5.88. The normalized spacial score (nSPS) is 10.7. The van der Waals surface area contributed by atoms with Crippen molar-refractivity contribution in [2.75, 3.05) is 5.73 Å². The number of nitrogens with zero attached hydrogens (tertiary/aromatic N) is 4. The van der Waals surface area contributed by atoms with Crippen molar-refractivity contribution in [3.8, 4) is 22.0 Å². The Bertz CT molecular complexity index is 675. The van der Waals surface area contributed by atoms with E-state index in [0.717, 1.165) is 22.0 Å². The second kappa shape index (κ2) is 4.43. The lowest BCUT2D eigenvalue weighted by Crippen LogP contribution is -1.98. The van der Waals surface area contributed by atoms with Crippen LogP contribution in [-0.4, -0.2) is 19.9 Å². The van der Waals surface area contributed by atoms with E-state index in [1.54, 1.807) is 23.0 Å². The number of anilines is 1. The third-order valence-corrected chi connectivity index (χ3v) is 3.83. The summed E-state index contributed by atoms with van der Waals surface area (Å²) >= 11 is 3.06. The molecule has 90 valence electrons. The van der Waals surface area contributed by atoms with Gasteiger partial charge in [0.15, 0.2) is 0 Å². The summed E-state index contributed by atoms with van der Waals surface area (Å²) in [6, 6.07) is 0. The summed E-state index contributed by atoms with van der Waals surface area (Å²) in [5.41, 5.74) is 10.2. The van der Waals surface area contributed by atoms with E-state index >= 15 is 0 Å². The minimum Gasteiger partial charge on any atom is -0.383 e. The van der Waals surface area contributed by atoms with Crippen LogP contribution in [0.1, 0.15) is 5.82 Å². The Morgan fingerprint density at radius 3 is 2.72 bits per heavy atom. The number of aryl methyl sites for hydroxylation is 1. The molecule has 3 heterocycles. The van der Waals surface area contributed by atoms with Gasteiger partial charge in [0, 0.05) is 17.0 Å². The lowest BCUT2D eigenvalue weighted by atomic mass is 10.3. The van der Waals surface area contributed by atoms with Crippen LogP contribution in [-0.2, 0) is 0 Å². The molecule has 0 radical (unpaired) electrons. The molecule has 7 heteroatoms. The molecule has 0 unspecified atom stereocenters. The molecule has 3 aromatic heterocycles. The Morgan fingerprint density at radius 2 is 2.00 bits per heavy atom. The van der Waals surface area contributed by atoms with E-state index in [9.17, 15) is 0 Å². The quantitative estimate of drug-likeness (QED) is 0.777. The van der Waals surface area contributed by atoms with Crippen LogP contribution in [0.5, 0.6) is 0 Å². The second-order valence-electron chi connectivity index (χ2n) is 3.63. The first kappa shape index (κ1) is 11.2. The Labute approximate surface area is 111 Å². The van der Waals surface area contributed by atoms with Crippen LogP contribution in [0.25, 0.3) is 22.0 Å². The van der Waals surface area contributed by atoms with E-state index in [-0.39, 0.29) is 0 Å². The minimum absolute atomic E-state index is 0.460. The molecule has 0 fully saturated rings. The Hall–Kier alpha value is -1.86. The number of aromatic nitrogens is 4. The average molecular weight is 275 g/mol. The van der Waals surface area contributed by atoms with Crippen molar-refractivity contribution in [3.63, 3.8) is 0 Å². The SMILES string of the molecule is Cc1ncc(-c2nc(-c3cscn3)cs2)c(N)n1. The first-order valence-corrected chi connectivity index (χ1v) is 7.00. The van der Waals surface area contributed by atoms with Crippen molar-refractivity contribution >= 4 is 28.5 Å². The lowest BCUT2D eigenvalue weighted by molar-refractivity contribution is 1.06. The zero-order chi connectivity index (χ0) is 12.5. The highest BCUT2D eigenvalue weighted by Crippen LogP contribution is 2.30. The highest BCUT2D eigenvalue weighted by molar-refractivity contribution is 7.13. The fourth-order valence-corrected chi connectivity index (χ4v) is 2.88. The zero-order valence-corrected chi connectivity index (χ0v) is 11.1. The summed E-state index contributed by atoms with van der Waals surface area (Å²) in [6.07, 6.45) is 1.71. The summed E-state index contributed by atoms with van der Waals surface area (Å²) in [5.74, 6) is 1.12. The van der Waals surface area contributed by atoms with Crippen molar-refractivity contribution < 1.29 is 0 Å². The number of nitrogen functional groups attached to an aromatic ring is 1. The maximum atomic E-state index is 5.88. The van der Waals surface area contributed by atoms with E-state index in [2.05, 4.69) is 19.9 Å². The molecule has 0 atom stereocenters. The largest absolute Gasteiger partial charge is 0.383 e. The van der Waals surface area contributed by atoms with Gasteiger partial charge in [-0.25, -0.2) is 19.9 Å². The molecule has 0 spiro atoms.